The highest BCUT2D eigenvalue weighted by Crippen LogP contribution is 2.29. The fourth-order valence-electron chi connectivity index (χ4n) is 4.70. The summed E-state index contributed by atoms with van der Waals surface area (Å²) in [6.45, 7) is 6.30. The van der Waals surface area contributed by atoms with Crippen molar-refractivity contribution < 1.29 is 4.79 Å². The lowest BCUT2D eigenvalue weighted by atomic mass is 9.92. The summed E-state index contributed by atoms with van der Waals surface area (Å²) in [5.41, 5.74) is 0.398. The van der Waals surface area contributed by atoms with Crippen LogP contribution in [0.1, 0.15) is 26.7 Å². The molecule has 2 atom stereocenters. The predicted molar refractivity (Wildman–Crippen MR) is 138 cm³/mol. The molecule has 3 heterocycles. The third-order valence-electron chi connectivity index (χ3n) is 6.35. The lowest BCUT2D eigenvalue weighted by Crippen LogP contribution is -2.41. The van der Waals surface area contributed by atoms with Crippen LogP contribution in [0.15, 0.2) is 34.0 Å². The van der Waals surface area contributed by atoms with Gasteiger partial charge in [0.1, 0.15) is 5.02 Å². The molecule has 1 aliphatic rings. The van der Waals surface area contributed by atoms with Gasteiger partial charge in [-0.15, -0.1) is 0 Å². The summed E-state index contributed by atoms with van der Waals surface area (Å²) in [6, 6.07) is 5.29. The zero-order valence-electron chi connectivity index (χ0n) is 20.3. The second kappa shape index (κ2) is 10.1. The van der Waals surface area contributed by atoms with Crippen molar-refractivity contribution >= 4 is 46.0 Å². The van der Waals surface area contributed by atoms with Gasteiger partial charge in [-0.05, 0) is 36.5 Å². The number of hydrogen-bond acceptors (Lipinski definition) is 7. The smallest absolute Gasteiger partial charge is 0.316 e. The first-order valence-corrected chi connectivity index (χ1v) is 12.0. The van der Waals surface area contributed by atoms with Gasteiger partial charge in [0.15, 0.2) is 5.82 Å². The normalized spacial score (nSPS) is 18.0. The number of halogens is 1. The zero-order valence-corrected chi connectivity index (χ0v) is 21.1. The van der Waals surface area contributed by atoms with Crippen molar-refractivity contribution in [2.24, 2.45) is 18.9 Å². The number of amides is 1. The van der Waals surface area contributed by atoms with Gasteiger partial charge in [-0.1, -0.05) is 25.4 Å². The first-order valence-electron chi connectivity index (χ1n) is 11.7. The molecular formula is C24H30ClN7O3. The van der Waals surface area contributed by atoms with Gasteiger partial charge in [-0.25, -0.2) is 4.98 Å². The van der Waals surface area contributed by atoms with Crippen molar-refractivity contribution in [2.75, 3.05) is 30.4 Å². The highest BCUT2D eigenvalue weighted by atomic mass is 35.5. The number of piperidine rings is 1. The highest BCUT2D eigenvalue weighted by molar-refractivity contribution is 6.32. The first-order chi connectivity index (χ1) is 16.7. The van der Waals surface area contributed by atoms with Gasteiger partial charge in [0.2, 0.25) is 11.9 Å². The molecule has 0 unspecified atom stereocenters. The Kier molecular flexibility index (Phi) is 7.11. The van der Waals surface area contributed by atoms with E-state index >= 15 is 0 Å². The third-order valence-corrected chi connectivity index (χ3v) is 6.62. The van der Waals surface area contributed by atoms with Crippen molar-refractivity contribution in [3.8, 4) is 0 Å². The Hall–Kier alpha value is -3.40. The number of carbonyl (C=O) groups excluding carboxylic acids is 1. The van der Waals surface area contributed by atoms with Crippen LogP contribution >= 0.6 is 11.6 Å². The van der Waals surface area contributed by atoms with Crippen LogP contribution < -0.4 is 26.7 Å². The monoisotopic (exact) mass is 499 g/mol. The van der Waals surface area contributed by atoms with Gasteiger partial charge in [-0.2, -0.15) is 4.98 Å². The Morgan fingerprint density at radius 2 is 1.86 bits per heavy atom. The van der Waals surface area contributed by atoms with Gasteiger partial charge in [-0.3, -0.25) is 14.4 Å². The summed E-state index contributed by atoms with van der Waals surface area (Å²) in [7, 11) is 3.08. The highest BCUT2D eigenvalue weighted by Gasteiger charge is 2.24. The molecule has 1 aliphatic heterocycles. The van der Waals surface area contributed by atoms with Crippen LogP contribution in [0.25, 0.3) is 11.0 Å². The number of fused-ring (bicyclic) bond motifs is 1. The van der Waals surface area contributed by atoms with E-state index in [-0.39, 0.29) is 18.9 Å². The average Bonchev–Trinajstić information content (AvgIpc) is 2.83. The molecular weight excluding hydrogens is 470 g/mol. The van der Waals surface area contributed by atoms with E-state index in [0.717, 1.165) is 13.1 Å². The molecule has 10 nitrogen and oxygen atoms in total. The first kappa shape index (κ1) is 24.7. The van der Waals surface area contributed by atoms with Crippen LogP contribution in [0.5, 0.6) is 0 Å². The summed E-state index contributed by atoms with van der Waals surface area (Å²) in [5.74, 6) is 1.94. The molecule has 2 aromatic heterocycles. The Morgan fingerprint density at radius 3 is 2.54 bits per heavy atom. The molecule has 0 aliphatic carbocycles. The van der Waals surface area contributed by atoms with Crippen molar-refractivity contribution in [1.82, 2.24) is 24.4 Å². The van der Waals surface area contributed by atoms with E-state index in [1.54, 1.807) is 31.4 Å². The fraction of sp³-hybridized carbons (Fsp3) is 0.458. The predicted octanol–water partition coefficient (Wildman–Crippen LogP) is 2.51. The lowest BCUT2D eigenvalue weighted by Gasteiger charge is -2.35. The number of nitrogens with one attached hydrogen (secondary N) is 2. The molecule has 1 amide bonds. The Bertz CT molecular complexity index is 1370. The molecule has 0 radical (unpaired) electrons. The maximum Gasteiger partial charge on any atom is 0.316 e. The van der Waals surface area contributed by atoms with E-state index in [4.69, 9.17) is 11.6 Å². The second-order valence-electron chi connectivity index (χ2n) is 9.29. The van der Waals surface area contributed by atoms with E-state index in [1.807, 2.05) is 0 Å². The number of aryl methyl sites for hydroxylation is 2. The number of nitrogens with zero attached hydrogens (tertiary/aromatic N) is 5. The van der Waals surface area contributed by atoms with E-state index in [1.165, 1.54) is 22.6 Å². The third kappa shape index (κ3) is 5.17. The SMILES string of the molecule is CNC(=O)CCn1c(=O)c(=O)n(C)c2ccc(Nc3nc(N4C[C@H](C)C[C@H](C)C4)ncc3Cl)cc21. The summed E-state index contributed by atoms with van der Waals surface area (Å²) in [5, 5.41) is 6.13. The maximum atomic E-state index is 12.7. The second-order valence-corrected chi connectivity index (χ2v) is 9.70. The minimum absolute atomic E-state index is 0.0735. The van der Waals surface area contributed by atoms with Gasteiger partial charge < -0.3 is 24.7 Å². The number of aromatic nitrogens is 4. The van der Waals surface area contributed by atoms with E-state index in [9.17, 15) is 14.4 Å². The van der Waals surface area contributed by atoms with Crippen LogP contribution in [0, 0.1) is 11.8 Å². The standard InChI is InChI=1S/C24H30ClN7O3/c1-14-9-15(2)13-31(12-14)24-27-11-17(25)21(29-24)28-16-5-6-18-19(10-16)32(8-7-20(33)26-3)23(35)22(34)30(18)4/h5-6,10-11,14-15H,7-9,12-13H2,1-4H3,(H,26,33)(H,27,28,29)/t14-,15+. The summed E-state index contributed by atoms with van der Waals surface area (Å²) < 4.78 is 2.65. The molecule has 35 heavy (non-hydrogen) atoms. The number of anilines is 3. The van der Waals surface area contributed by atoms with Crippen LogP contribution in [0.3, 0.4) is 0 Å². The average molecular weight is 500 g/mol. The van der Waals surface area contributed by atoms with E-state index < -0.39 is 11.1 Å². The summed E-state index contributed by atoms with van der Waals surface area (Å²) in [4.78, 5) is 48.2. The number of benzene rings is 1. The van der Waals surface area contributed by atoms with Gasteiger partial charge in [0, 0.05) is 45.8 Å². The van der Waals surface area contributed by atoms with Crippen molar-refractivity contribution in [3.05, 3.63) is 50.1 Å². The van der Waals surface area contributed by atoms with Gasteiger partial charge >= 0.3 is 11.1 Å². The molecule has 4 rings (SSSR count). The van der Waals surface area contributed by atoms with Crippen molar-refractivity contribution in [2.45, 2.75) is 33.2 Å². The van der Waals surface area contributed by atoms with Crippen molar-refractivity contribution in [3.63, 3.8) is 0 Å². The fourth-order valence-corrected chi connectivity index (χ4v) is 4.84. The van der Waals surface area contributed by atoms with Crippen LogP contribution in [0.4, 0.5) is 17.5 Å². The molecule has 0 bridgehead atoms. The lowest BCUT2D eigenvalue weighted by molar-refractivity contribution is -0.120. The molecule has 1 saturated heterocycles. The number of rotatable bonds is 6. The molecule has 2 N–H and O–H groups in total. The molecule has 3 aromatic rings. The molecule has 186 valence electrons. The summed E-state index contributed by atoms with van der Waals surface area (Å²) in [6.07, 6.45) is 2.83. The van der Waals surface area contributed by atoms with Crippen LogP contribution in [-0.4, -0.2) is 45.1 Å². The van der Waals surface area contributed by atoms with Crippen molar-refractivity contribution in [1.29, 1.82) is 0 Å². The number of hydrogen-bond donors (Lipinski definition) is 2. The van der Waals surface area contributed by atoms with E-state index in [2.05, 4.69) is 39.3 Å². The molecule has 1 aromatic carbocycles. The minimum atomic E-state index is -0.684. The zero-order chi connectivity index (χ0) is 25.3. The molecule has 0 spiro atoms. The Balaban J connectivity index is 1.71. The minimum Gasteiger partial charge on any atom is -0.359 e. The topological polar surface area (TPSA) is 114 Å². The van der Waals surface area contributed by atoms with Crippen LogP contribution in [0.2, 0.25) is 5.02 Å². The Labute approximate surface area is 207 Å². The van der Waals surface area contributed by atoms with Crippen LogP contribution in [-0.2, 0) is 18.4 Å². The molecule has 1 fully saturated rings. The Morgan fingerprint density at radius 1 is 1.14 bits per heavy atom. The molecule has 11 heteroatoms. The van der Waals surface area contributed by atoms with Gasteiger partial charge in [0.25, 0.3) is 0 Å². The summed E-state index contributed by atoms with van der Waals surface area (Å²) >= 11 is 6.41. The largest absolute Gasteiger partial charge is 0.359 e. The van der Waals surface area contributed by atoms with Gasteiger partial charge in [0.05, 0.1) is 17.2 Å². The quantitative estimate of drug-likeness (QED) is 0.501. The number of carbonyl (C=O) groups is 1. The van der Waals surface area contributed by atoms with E-state index in [0.29, 0.717) is 45.3 Å². The maximum absolute atomic E-state index is 12.7. The molecule has 0 saturated carbocycles.